The quantitative estimate of drug-likeness (QED) is 0.760. The fourth-order valence-corrected chi connectivity index (χ4v) is 1.89. The van der Waals surface area contributed by atoms with Crippen molar-refractivity contribution in [1.29, 1.82) is 0 Å². The molecule has 0 N–H and O–H groups in total. The molecular formula is C16H24O. The number of hydrogen-bond acceptors (Lipinski definition) is 1. The molecule has 0 unspecified atom stereocenters. The predicted octanol–water partition coefficient (Wildman–Crippen LogP) is 4.20. The molecule has 1 aromatic rings. The number of Topliss-reactive ketones (excluding diaryl/α,β-unsaturated/α-hetero) is 1. The largest absolute Gasteiger partial charge is 0.300 e. The zero-order valence-electron chi connectivity index (χ0n) is 11.8. The number of carbonyl (C=O) groups is 1. The van der Waals surface area contributed by atoms with Gasteiger partial charge < -0.3 is 0 Å². The van der Waals surface area contributed by atoms with Crippen LogP contribution in [0, 0.1) is 6.92 Å². The van der Waals surface area contributed by atoms with Gasteiger partial charge in [0.25, 0.3) is 0 Å². The van der Waals surface area contributed by atoms with Crippen LogP contribution in [0.25, 0.3) is 0 Å². The molecule has 17 heavy (non-hydrogen) atoms. The minimum atomic E-state index is 0.197. The van der Waals surface area contributed by atoms with E-state index in [0.717, 1.165) is 6.42 Å². The van der Waals surface area contributed by atoms with Gasteiger partial charge in [0.15, 0.2) is 0 Å². The van der Waals surface area contributed by atoms with Crippen molar-refractivity contribution < 1.29 is 4.79 Å². The maximum absolute atomic E-state index is 11.3. The van der Waals surface area contributed by atoms with Crippen LogP contribution in [0.4, 0.5) is 0 Å². The molecule has 94 valence electrons. The Morgan fingerprint density at radius 1 is 1.24 bits per heavy atom. The van der Waals surface area contributed by atoms with E-state index in [1.54, 1.807) is 0 Å². The van der Waals surface area contributed by atoms with Crippen LogP contribution in [-0.2, 0) is 16.6 Å². The molecule has 1 heteroatoms. The Balaban J connectivity index is 2.80. The topological polar surface area (TPSA) is 17.1 Å². The maximum Gasteiger partial charge on any atom is 0.132 e. The lowest BCUT2D eigenvalue weighted by Crippen LogP contribution is -2.11. The van der Waals surface area contributed by atoms with Crippen LogP contribution in [-0.4, -0.2) is 5.78 Å². The van der Waals surface area contributed by atoms with Gasteiger partial charge in [-0.15, -0.1) is 0 Å². The van der Waals surface area contributed by atoms with Gasteiger partial charge in [0, 0.05) is 12.8 Å². The van der Waals surface area contributed by atoms with Crippen molar-refractivity contribution in [3.8, 4) is 0 Å². The first-order valence-electron chi connectivity index (χ1n) is 6.46. The highest BCUT2D eigenvalue weighted by atomic mass is 16.1. The van der Waals surface area contributed by atoms with E-state index in [9.17, 15) is 4.79 Å². The van der Waals surface area contributed by atoms with Gasteiger partial charge in [-0.05, 0) is 35.4 Å². The van der Waals surface area contributed by atoms with Crippen molar-refractivity contribution in [3.63, 3.8) is 0 Å². The smallest absolute Gasteiger partial charge is 0.132 e. The SMILES string of the molecule is CCC(=O)CCc1ccc(C(C)(C)C)cc1C. The molecule has 0 aliphatic heterocycles. The molecule has 1 nitrogen and oxygen atoms in total. The Labute approximate surface area is 105 Å². The molecule has 1 rings (SSSR count). The summed E-state index contributed by atoms with van der Waals surface area (Å²) in [5, 5.41) is 0. The van der Waals surface area contributed by atoms with Crippen LogP contribution in [0.15, 0.2) is 18.2 Å². The summed E-state index contributed by atoms with van der Waals surface area (Å²) in [5.74, 6) is 0.351. The van der Waals surface area contributed by atoms with Crippen molar-refractivity contribution in [2.45, 2.75) is 59.3 Å². The van der Waals surface area contributed by atoms with E-state index in [1.807, 2.05) is 6.92 Å². The first-order chi connectivity index (χ1) is 7.84. The van der Waals surface area contributed by atoms with Crippen molar-refractivity contribution in [3.05, 3.63) is 34.9 Å². The number of hydrogen-bond donors (Lipinski definition) is 0. The molecule has 0 amide bonds. The first-order valence-corrected chi connectivity index (χ1v) is 6.46. The van der Waals surface area contributed by atoms with Crippen LogP contribution >= 0.6 is 0 Å². The van der Waals surface area contributed by atoms with Crippen molar-refractivity contribution >= 4 is 5.78 Å². The normalized spacial score (nSPS) is 11.6. The molecule has 0 aromatic heterocycles. The Morgan fingerprint density at radius 2 is 1.88 bits per heavy atom. The van der Waals surface area contributed by atoms with Crippen molar-refractivity contribution in [2.75, 3.05) is 0 Å². The number of rotatable bonds is 4. The Hall–Kier alpha value is -1.11. The molecule has 0 fully saturated rings. The highest BCUT2D eigenvalue weighted by Crippen LogP contribution is 2.24. The highest BCUT2D eigenvalue weighted by molar-refractivity contribution is 5.78. The van der Waals surface area contributed by atoms with Crippen LogP contribution in [0.3, 0.4) is 0 Å². The second-order valence-electron chi connectivity index (χ2n) is 5.78. The Bertz CT molecular complexity index is 396. The number of carbonyl (C=O) groups excluding carboxylic acids is 1. The van der Waals surface area contributed by atoms with Gasteiger partial charge in [0.05, 0.1) is 0 Å². The second-order valence-corrected chi connectivity index (χ2v) is 5.78. The standard InChI is InChI=1S/C16H24O/c1-6-15(17)10-8-13-7-9-14(11-12(13)2)16(3,4)5/h7,9,11H,6,8,10H2,1-5H3. The molecule has 0 spiro atoms. The molecular weight excluding hydrogens is 208 g/mol. The Kier molecular flexibility index (Phi) is 4.50. The summed E-state index contributed by atoms with van der Waals surface area (Å²) >= 11 is 0. The molecule has 1 aromatic carbocycles. The fraction of sp³-hybridized carbons (Fsp3) is 0.562. The van der Waals surface area contributed by atoms with Gasteiger partial charge in [-0.2, -0.15) is 0 Å². The average Bonchev–Trinajstić information content (AvgIpc) is 2.25. The van der Waals surface area contributed by atoms with E-state index in [0.29, 0.717) is 18.6 Å². The number of ketones is 1. The van der Waals surface area contributed by atoms with E-state index < -0.39 is 0 Å². The molecule has 0 atom stereocenters. The summed E-state index contributed by atoms with van der Waals surface area (Å²) in [6.07, 6.45) is 2.20. The van der Waals surface area contributed by atoms with Crippen LogP contribution in [0.1, 0.15) is 57.2 Å². The Morgan fingerprint density at radius 3 is 2.35 bits per heavy atom. The van der Waals surface area contributed by atoms with Gasteiger partial charge >= 0.3 is 0 Å². The predicted molar refractivity (Wildman–Crippen MR) is 73.5 cm³/mol. The summed E-state index contributed by atoms with van der Waals surface area (Å²) in [4.78, 5) is 11.3. The highest BCUT2D eigenvalue weighted by Gasteiger charge is 2.14. The fourth-order valence-electron chi connectivity index (χ4n) is 1.89. The lowest BCUT2D eigenvalue weighted by atomic mass is 9.85. The third-order valence-corrected chi connectivity index (χ3v) is 3.28. The maximum atomic E-state index is 11.3. The molecule has 0 aliphatic carbocycles. The zero-order chi connectivity index (χ0) is 13.1. The molecule has 0 saturated heterocycles. The van der Waals surface area contributed by atoms with Gasteiger partial charge in [-0.3, -0.25) is 4.79 Å². The molecule has 0 aliphatic rings. The van der Waals surface area contributed by atoms with Gasteiger partial charge in [0.1, 0.15) is 5.78 Å². The van der Waals surface area contributed by atoms with E-state index in [4.69, 9.17) is 0 Å². The first kappa shape index (κ1) is 14.0. The molecule has 0 bridgehead atoms. The summed E-state index contributed by atoms with van der Waals surface area (Å²) in [6.45, 7) is 10.7. The zero-order valence-corrected chi connectivity index (χ0v) is 11.8. The minimum Gasteiger partial charge on any atom is -0.300 e. The third kappa shape index (κ3) is 3.99. The van der Waals surface area contributed by atoms with Gasteiger partial charge in [0.2, 0.25) is 0 Å². The van der Waals surface area contributed by atoms with Gasteiger partial charge in [-0.1, -0.05) is 45.9 Å². The summed E-state index contributed by atoms with van der Waals surface area (Å²) in [6, 6.07) is 6.63. The molecule has 0 saturated carbocycles. The molecule has 0 heterocycles. The van der Waals surface area contributed by atoms with Crippen molar-refractivity contribution in [2.24, 2.45) is 0 Å². The summed E-state index contributed by atoms with van der Waals surface area (Å²) in [7, 11) is 0. The van der Waals surface area contributed by atoms with Crippen molar-refractivity contribution in [1.82, 2.24) is 0 Å². The summed E-state index contributed by atoms with van der Waals surface area (Å²) in [5.41, 5.74) is 4.17. The lowest BCUT2D eigenvalue weighted by Gasteiger charge is -2.20. The third-order valence-electron chi connectivity index (χ3n) is 3.28. The van der Waals surface area contributed by atoms with E-state index >= 15 is 0 Å². The number of benzene rings is 1. The average molecular weight is 232 g/mol. The second kappa shape index (κ2) is 5.48. The van der Waals surface area contributed by atoms with Crippen LogP contribution in [0.5, 0.6) is 0 Å². The van der Waals surface area contributed by atoms with Crippen LogP contribution in [0.2, 0.25) is 0 Å². The van der Waals surface area contributed by atoms with E-state index in [2.05, 4.69) is 45.9 Å². The van der Waals surface area contributed by atoms with E-state index in [-0.39, 0.29) is 5.41 Å². The lowest BCUT2D eigenvalue weighted by molar-refractivity contribution is -0.118. The molecule has 0 radical (unpaired) electrons. The minimum absolute atomic E-state index is 0.197. The number of aryl methyl sites for hydroxylation is 2. The van der Waals surface area contributed by atoms with E-state index in [1.165, 1.54) is 16.7 Å². The van der Waals surface area contributed by atoms with Gasteiger partial charge in [-0.25, -0.2) is 0 Å². The monoisotopic (exact) mass is 232 g/mol. The van der Waals surface area contributed by atoms with Crippen LogP contribution < -0.4 is 0 Å². The summed E-state index contributed by atoms with van der Waals surface area (Å²) < 4.78 is 0.